The molecule has 6 heteroatoms. The molecule has 1 heterocycles. The second kappa shape index (κ2) is 7.26. The average Bonchev–Trinajstić information content (AvgIpc) is 2.53. The van der Waals surface area contributed by atoms with Gasteiger partial charge in [-0.15, -0.1) is 0 Å². The number of rotatable bonds is 2. The van der Waals surface area contributed by atoms with E-state index in [1.807, 2.05) is 45.0 Å². The van der Waals surface area contributed by atoms with Gasteiger partial charge in [0.2, 0.25) is 0 Å². The van der Waals surface area contributed by atoms with Gasteiger partial charge < -0.3 is 15.1 Å². The summed E-state index contributed by atoms with van der Waals surface area (Å²) in [7, 11) is 0. The van der Waals surface area contributed by atoms with Crippen molar-refractivity contribution in [1.82, 2.24) is 15.1 Å². The maximum atomic E-state index is 12.5. The highest BCUT2D eigenvalue weighted by molar-refractivity contribution is 6.35. The Labute approximate surface area is 136 Å². The third kappa shape index (κ3) is 4.09. The lowest BCUT2D eigenvalue weighted by atomic mass is 10.1. The topological polar surface area (TPSA) is 69.7 Å². The van der Waals surface area contributed by atoms with Crippen LogP contribution in [0.4, 0.5) is 0 Å². The summed E-state index contributed by atoms with van der Waals surface area (Å²) in [5, 5.41) is 2.60. The fourth-order valence-electron chi connectivity index (χ4n) is 2.56. The van der Waals surface area contributed by atoms with Gasteiger partial charge >= 0.3 is 11.8 Å². The van der Waals surface area contributed by atoms with Gasteiger partial charge in [0, 0.05) is 37.8 Å². The van der Waals surface area contributed by atoms with Crippen LogP contribution < -0.4 is 5.32 Å². The maximum absolute atomic E-state index is 12.5. The summed E-state index contributed by atoms with van der Waals surface area (Å²) >= 11 is 0. The Morgan fingerprint density at radius 1 is 1.00 bits per heavy atom. The van der Waals surface area contributed by atoms with E-state index in [1.165, 1.54) is 4.90 Å². The van der Waals surface area contributed by atoms with E-state index in [9.17, 15) is 14.4 Å². The predicted molar refractivity (Wildman–Crippen MR) is 86.9 cm³/mol. The van der Waals surface area contributed by atoms with E-state index in [1.54, 1.807) is 4.90 Å². The predicted octanol–water partition coefficient (Wildman–Crippen LogP) is 0.804. The lowest BCUT2D eigenvalue weighted by Gasteiger charge is -2.34. The molecule has 1 saturated heterocycles. The summed E-state index contributed by atoms with van der Waals surface area (Å²) < 4.78 is 0. The van der Waals surface area contributed by atoms with E-state index in [0.29, 0.717) is 31.7 Å². The van der Waals surface area contributed by atoms with Crippen LogP contribution in [0.1, 0.15) is 29.8 Å². The zero-order chi connectivity index (χ0) is 17.0. The minimum Gasteiger partial charge on any atom is -0.346 e. The molecule has 1 N–H and O–H groups in total. The summed E-state index contributed by atoms with van der Waals surface area (Å²) in [6, 6.07) is 7.39. The number of carbonyl (C=O) groups excluding carboxylic acids is 3. The van der Waals surface area contributed by atoms with E-state index < -0.39 is 11.8 Å². The van der Waals surface area contributed by atoms with Crippen molar-refractivity contribution < 1.29 is 14.4 Å². The maximum Gasteiger partial charge on any atom is 0.312 e. The summed E-state index contributed by atoms with van der Waals surface area (Å²) in [6.07, 6.45) is 0. The van der Waals surface area contributed by atoms with E-state index >= 15 is 0 Å². The molecular formula is C17H23N3O3. The van der Waals surface area contributed by atoms with Crippen molar-refractivity contribution in [2.75, 3.05) is 26.2 Å². The van der Waals surface area contributed by atoms with Crippen LogP contribution in [-0.2, 0) is 9.59 Å². The van der Waals surface area contributed by atoms with Crippen molar-refractivity contribution >= 4 is 17.7 Å². The van der Waals surface area contributed by atoms with Crippen LogP contribution in [0.15, 0.2) is 24.3 Å². The van der Waals surface area contributed by atoms with Crippen LogP contribution in [0, 0.1) is 6.92 Å². The Morgan fingerprint density at radius 2 is 1.57 bits per heavy atom. The molecule has 1 aromatic rings. The Balaban J connectivity index is 1.94. The van der Waals surface area contributed by atoms with Crippen molar-refractivity contribution in [3.63, 3.8) is 0 Å². The van der Waals surface area contributed by atoms with E-state index in [-0.39, 0.29) is 11.9 Å². The first-order chi connectivity index (χ1) is 10.9. The number of carbonyl (C=O) groups is 3. The van der Waals surface area contributed by atoms with Crippen molar-refractivity contribution in [2.45, 2.75) is 26.8 Å². The van der Waals surface area contributed by atoms with Crippen molar-refractivity contribution in [3.8, 4) is 0 Å². The van der Waals surface area contributed by atoms with Gasteiger partial charge in [0.05, 0.1) is 0 Å². The number of piperazine rings is 1. The van der Waals surface area contributed by atoms with Crippen LogP contribution in [0.3, 0.4) is 0 Å². The van der Waals surface area contributed by atoms with Crippen LogP contribution in [0.25, 0.3) is 0 Å². The molecule has 0 bridgehead atoms. The Bertz CT molecular complexity index is 605. The van der Waals surface area contributed by atoms with Crippen molar-refractivity contribution in [3.05, 3.63) is 35.4 Å². The number of hydrogen-bond acceptors (Lipinski definition) is 3. The molecule has 23 heavy (non-hydrogen) atoms. The average molecular weight is 317 g/mol. The molecule has 0 aromatic heterocycles. The van der Waals surface area contributed by atoms with Gasteiger partial charge in [-0.25, -0.2) is 0 Å². The molecule has 0 aliphatic carbocycles. The summed E-state index contributed by atoms with van der Waals surface area (Å²) in [5.74, 6) is -1.14. The molecule has 0 radical (unpaired) electrons. The Kier molecular flexibility index (Phi) is 5.36. The summed E-state index contributed by atoms with van der Waals surface area (Å²) in [4.78, 5) is 39.5. The van der Waals surface area contributed by atoms with Gasteiger partial charge in [-0.05, 0) is 32.4 Å². The molecule has 6 nitrogen and oxygen atoms in total. The number of aryl methyl sites for hydroxylation is 1. The minimum atomic E-state index is -0.585. The zero-order valence-corrected chi connectivity index (χ0v) is 13.8. The quantitative estimate of drug-likeness (QED) is 0.821. The van der Waals surface area contributed by atoms with Crippen LogP contribution in [0.2, 0.25) is 0 Å². The van der Waals surface area contributed by atoms with Crippen LogP contribution >= 0.6 is 0 Å². The fraction of sp³-hybridized carbons (Fsp3) is 0.471. The minimum absolute atomic E-state index is 0.0261. The Morgan fingerprint density at radius 3 is 2.13 bits per heavy atom. The largest absolute Gasteiger partial charge is 0.346 e. The van der Waals surface area contributed by atoms with Crippen LogP contribution in [-0.4, -0.2) is 59.7 Å². The van der Waals surface area contributed by atoms with Gasteiger partial charge in [-0.3, -0.25) is 14.4 Å². The van der Waals surface area contributed by atoms with Crippen molar-refractivity contribution in [2.24, 2.45) is 0 Å². The van der Waals surface area contributed by atoms with Gasteiger partial charge in [-0.1, -0.05) is 18.2 Å². The molecule has 0 unspecified atom stereocenters. The first kappa shape index (κ1) is 17.0. The summed E-state index contributed by atoms with van der Waals surface area (Å²) in [6.45, 7) is 7.16. The number of nitrogens with zero attached hydrogens (tertiary/aromatic N) is 2. The second-order valence-corrected chi connectivity index (χ2v) is 6.03. The van der Waals surface area contributed by atoms with E-state index in [0.717, 1.165) is 5.56 Å². The standard InChI is InChI=1S/C17H23N3O3/c1-12(2)18-15(21)17(23)20-10-8-19(9-11-20)16(22)14-7-5-4-6-13(14)3/h4-7,12H,8-11H2,1-3H3,(H,18,21). The molecule has 1 aliphatic rings. The highest BCUT2D eigenvalue weighted by Gasteiger charge is 2.28. The normalized spacial score (nSPS) is 14.8. The SMILES string of the molecule is Cc1ccccc1C(=O)N1CCN(C(=O)C(=O)NC(C)C)CC1. The molecule has 2 rings (SSSR count). The molecular weight excluding hydrogens is 294 g/mol. The number of benzene rings is 1. The zero-order valence-electron chi connectivity index (χ0n) is 13.8. The van der Waals surface area contributed by atoms with Gasteiger partial charge in [-0.2, -0.15) is 0 Å². The number of hydrogen-bond donors (Lipinski definition) is 1. The van der Waals surface area contributed by atoms with Crippen LogP contribution in [0.5, 0.6) is 0 Å². The van der Waals surface area contributed by atoms with E-state index in [2.05, 4.69) is 5.32 Å². The first-order valence-electron chi connectivity index (χ1n) is 7.85. The highest BCUT2D eigenvalue weighted by Crippen LogP contribution is 2.12. The molecule has 0 spiro atoms. The molecule has 1 fully saturated rings. The fourth-order valence-corrected chi connectivity index (χ4v) is 2.56. The Hall–Kier alpha value is -2.37. The molecule has 3 amide bonds. The van der Waals surface area contributed by atoms with Crippen molar-refractivity contribution in [1.29, 1.82) is 0 Å². The van der Waals surface area contributed by atoms with Gasteiger partial charge in [0.15, 0.2) is 0 Å². The van der Waals surface area contributed by atoms with Gasteiger partial charge in [0.25, 0.3) is 5.91 Å². The monoisotopic (exact) mass is 317 g/mol. The molecule has 124 valence electrons. The lowest BCUT2D eigenvalue weighted by Crippen LogP contribution is -2.54. The highest BCUT2D eigenvalue weighted by atomic mass is 16.2. The summed E-state index contributed by atoms with van der Waals surface area (Å²) in [5.41, 5.74) is 1.62. The number of amides is 3. The third-order valence-corrected chi connectivity index (χ3v) is 3.84. The second-order valence-electron chi connectivity index (χ2n) is 6.03. The molecule has 0 atom stereocenters. The molecule has 0 saturated carbocycles. The lowest BCUT2D eigenvalue weighted by molar-refractivity contribution is -0.147. The smallest absolute Gasteiger partial charge is 0.312 e. The first-order valence-corrected chi connectivity index (χ1v) is 7.85. The number of nitrogens with one attached hydrogen (secondary N) is 1. The van der Waals surface area contributed by atoms with Gasteiger partial charge in [0.1, 0.15) is 0 Å². The molecule has 1 aliphatic heterocycles. The third-order valence-electron chi connectivity index (χ3n) is 3.84. The van der Waals surface area contributed by atoms with E-state index in [4.69, 9.17) is 0 Å². The molecule has 1 aromatic carbocycles.